The van der Waals surface area contributed by atoms with Gasteiger partial charge in [0.05, 0.1) is 0 Å². The van der Waals surface area contributed by atoms with Crippen LogP contribution in [-0.4, -0.2) is 22.0 Å². The maximum Gasteiger partial charge on any atom is 0.257 e. The highest BCUT2D eigenvalue weighted by molar-refractivity contribution is 7.97. The number of hydrogen-bond donors (Lipinski definition) is 2. The molecule has 0 aliphatic carbocycles. The molecule has 8 heteroatoms. The first-order valence-electron chi connectivity index (χ1n) is 9.17. The van der Waals surface area contributed by atoms with Gasteiger partial charge in [-0.25, -0.2) is 0 Å². The number of carbonyl (C=O) groups is 2. The Morgan fingerprint density at radius 1 is 1.00 bits per heavy atom. The molecule has 1 aromatic heterocycles. The van der Waals surface area contributed by atoms with Gasteiger partial charge in [0.25, 0.3) is 5.91 Å². The lowest BCUT2D eigenvalue weighted by atomic mass is 10.1. The molecule has 1 heterocycles. The number of hydrogen-bond acceptors (Lipinski definition) is 6. The second-order valence-corrected chi connectivity index (χ2v) is 8.71. The van der Waals surface area contributed by atoms with Crippen LogP contribution in [0.25, 0.3) is 0 Å². The molecule has 0 aliphatic rings. The molecule has 2 aromatic carbocycles. The summed E-state index contributed by atoms with van der Waals surface area (Å²) in [6.45, 7) is 3.63. The molecule has 0 bridgehead atoms. The molecule has 29 heavy (non-hydrogen) atoms. The van der Waals surface area contributed by atoms with Crippen LogP contribution in [0.4, 0.5) is 10.8 Å². The average Bonchev–Trinajstić information content (AvgIpc) is 3.16. The van der Waals surface area contributed by atoms with Crippen molar-refractivity contribution in [3.63, 3.8) is 0 Å². The largest absolute Gasteiger partial charge is 0.326 e. The van der Waals surface area contributed by atoms with Gasteiger partial charge in [-0.2, -0.15) is 0 Å². The molecular weight excluding hydrogens is 404 g/mol. The Morgan fingerprint density at radius 2 is 1.79 bits per heavy atom. The molecule has 0 fully saturated rings. The van der Waals surface area contributed by atoms with Crippen molar-refractivity contribution in [3.8, 4) is 0 Å². The van der Waals surface area contributed by atoms with E-state index < -0.39 is 0 Å². The first-order valence-corrected chi connectivity index (χ1v) is 11.1. The quantitative estimate of drug-likeness (QED) is 0.540. The molecule has 0 atom stereocenters. The van der Waals surface area contributed by atoms with Gasteiger partial charge in [0.1, 0.15) is 5.01 Å². The Hall–Kier alpha value is -2.71. The smallest absolute Gasteiger partial charge is 0.257 e. The van der Waals surface area contributed by atoms with Crippen molar-refractivity contribution >= 4 is 45.7 Å². The number of carbonyl (C=O) groups excluding carboxylic acids is 2. The second kappa shape index (κ2) is 10.2. The molecule has 0 aliphatic heterocycles. The lowest BCUT2D eigenvalue weighted by Crippen LogP contribution is -2.18. The van der Waals surface area contributed by atoms with Crippen molar-refractivity contribution in [1.29, 1.82) is 0 Å². The molecule has 0 saturated carbocycles. The molecule has 0 saturated heterocycles. The van der Waals surface area contributed by atoms with E-state index in [1.807, 2.05) is 32.0 Å². The van der Waals surface area contributed by atoms with Gasteiger partial charge in [0.2, 0.25) is 11.0 Å². The summed E-state index contributed by atoms with van der Waals surface area (Å²) in [5.74, 6) is 1.12. The monoisotopic (exact) mass is 426 g/mol. The van der Waals surface area contributed by atoms with Gasteiger partial charge in [-0.3, -0.25) is 14.9 Å². The van der Waals surface area contributed by atoms with Crippen molar-refractivity contribution in [2.75, 3.05) is 10.6 Å². The Bertz CT molecular complexity index is 974. The summed E-state index contributed by atoms with van der Waals surface area (Å²) in [6, 6.07) is 17.1. The zero-order chi connectivity index (χ0) is 20.6. The van der Waals surface area contributed by atoms with Gasteiger partial charge in [0, 0.05) is 28.7 Å². The summed E-state index contributed by atoms with van der Waals surface area (Å²) in [7, 11) is 0. The predicted molar refractivity (Wildman–Crippen MR) is 119 cm³/mol. The maximum absolute atomic E-state index is 12.5. The molecule has 0 unspecified atom stereocenters. The number of amides is 2. The minimum atomic E-state index is -0.287. The van der Waals surface area contributed by atoms with E-state index in [1.54, 1.807) is 36.0 Å². The number of benzene rings is 2. The maximum atomic E-state index is 12.5. The van der Waals surface area contributed by atoms with Crippen LogP contribution in [0.15, 0.2) is 54.6 Å². The highest BCUT2D eigenvalue weighted by atomic mass is 32.2. The van der Waals surface area contributed by atoms with Crippen LogP contribution in [-0.2, 0) is 16.3 Å². The fourth-order valence-electron chi connectivity index (χ4n) is 2.39. The third-order valence-corrected chi connectivity index (χ3v) is 5.98. The Kier molecular flexibility index (Phi) is 7.37. The standard InChI is InChI=1S/C21H22N4O2S2/c1-14(2)19(26)22-17-10-6-9-16(11-17)20(27)23-21-25-24-18(29-21)13-28-12-15-7-4-3-5-8-15/h3-11,14H,12-13H2,1-2H3,(H,22,26)(H,23,25,27). The molecule has 2 N–H and O–H groups in total. The summed E-state index contributed by atoms with van der Waals surface area (Å²) in [6.07, 6.45) is 0. The molecule has 0 spiro atoms. The number of thioether (sulfide) groups is 1. The summed E-state index contributed by atoms with van der Waals surface area (Å²) in [5.41, 5.74) is 2.30. The zero-order valence-electron chi connectivity index (χ0n) is 16.2. The van der Waals surface area contributed by atoms with Crippen LogP contribution < -0.4 is 10.6 Å². The first kappa shape index (κ1) is 21.0. The normalized spacial score (nSPS) is 10.7. The van der Waals surface area contributed by atoms with Gasteiger partial charge >= 0.3 is 0 Å². The molecule has 6 nitrogen and oxygen atoms in total. The third kappa shape index (κ3) is 6.40. The van der Waals surface area contributed by atoms with Crippen LogP contribution >= 0.6 is 23.1 Å². The second-order valence-electron chi connectivity index (χ2n) is 6.66. The Balaban J connectivity index is 1.54. The van der Waals surface area contributed by atoms with E-state index in [-0.39, 0.29) is 17.7 Å². The Labute approximate surface area is 178 Å². The van der Waals surface area contributed by atoms with Crippen molar-refractivity contribution in [2.45, 2.75) is 25.4 Å². The fourth-order valence-corrected chi connectivity index (χ4v) is 4.17. The number of nitrogens with zero attached hydrogens (tertiary/aromatic N) is 2. The topological polar surface area (TPSA) is 84.0 Å². The first-order chi connectivity index (χ1) is 14.0. The van der Waals surface area contributed by atoms with E-state index >= 15 is 0 Å². The predicted octanol–water partition coefficient (Wildman–Crippen LogP) is 4.82. The van der Waals surface area contributed by atoms with E-state index in [0.29, 0.717) is 16.4 Å². The van der Waals surface area contributed by atoms with E-state index in [9.17, 15) is 9.59 Å². The van der Waals surface area contributed by atoms with Crippen molar-refractivity contribution in [1.82, 2.24) is 10.2 Å². The van der Waals surface area contributed by atoms with Crippen LogP contribution in [0, 0.1) is 5.92 Å². The van der Waals surface area contributed by atoms with E-state index in [2.05, 4.69) is 33.0 Å². The van der Waals surface area contributed by atoms with E-state index in [4.69, 9.17) is 0 Å². The van der Waals surface area contributed by atoms with Gasteiger partial charge in [-0.15, -0.1) is 22.0 Å². The lowest BCUT2D eigenvalue weighted by molar-refractivity contribution is -0.118. The molecule has 3 aromatic rings. The van der Waals surface area contributed by atoms with Crippen LogP contribution in [0.1, 0.15) is 34.8 Å². The highest BCUT2D eigenvalue weighted by Crippen LogP contribution is 2.23. The number of rotatable bonds is 8. The van der Waals surface area contributed by atoms with Gasteiger partial charge in [-0.1, -0.05) is 61.6 Å². The number of anilines is 2. The van der Waals surface area contributed by atoms with Crippen LogP contribution in [0.5, 0.6) is 0 Å². The summed E-state index contributed by atoms with van der Waals surface area (Å²) in [4.78, 5) is 24.3. The molecular formula is C21H22N4O2S2. The van der Waals surface area contributed by atoms with E-state index in [1.165, 1.54) is 16.9 Å². The third-order valence-electron chi connectivity index (χ3n) is 3.94. The van der Waals surface area contributed by atoms with Crippen molar-refractivity contribution < 1.29 is 9.59 Å². The summed E-state index contributed by atoms with van der Waals surface area (Å²) in [5, 5.41) is 15.1. The zero-order valence-corrected chi connectivity index (χ0v) is 17.8. The highest BCUT2D eigenvalue weighted by Gasteiger charge is 2.12. The Morgan fingerprint density at radius 3 is 2.55 bits per heavy atom. The minimum absolute atomic E-state index is 0.0932. The summed E-state index contributed by atoms with van der Waals surface area (Å²) >= 11 is 3.12. The number of aromatic nitrogens is 2. The van der Waals surface area contributed by atoms with Crippen LogP contribution in [0.3, 0.4) is 0 Å². The molecule has 3 rings (SSSR count). The van der Waals surface area contributed by atoms with Crippen LogP contribution in [0.2, 0.25) is 0 Å². The lowest BCUT2D eigenvalue weighted by Gasteiger charge is -2.09. The van der Waals surface area contributed by atoms with Crippen molar-refractivity contribution in [3.05, 3.63) is 70.7 Å². The SMILES string of the molecule is CC(C)C(=O)Nc1cccc(C(=O)Nc2nnc(CSCc3ccccc3)s2)c1. The van der Waals surface area contributed by atoms with E-state index in [0.717, 1.165) is 16.5 Å². The molecule has 0 radical (unpaired) electrons. The molecule has 2 amide bonds. The van der Waals surface area contributed by atoms with Gasteiger partial charge in [0.15, 0.2) is 0 Å². The van der Waals surface area contributed by atoms with Gasteiger partial charge < -0.3 is 5.32 Å². The van der Waals surface area contributed by atoms with Crippen molar-refractivity contribution in [2.24, 2.45) is 5.92 Å². The fraction of sp³-hybridized carbons (Fsp3) is 0.238. The molecule has 150 valence electrons. The summed E-state index contributed by atoms with van der Waals surface area (Å²) < 4.78 is 0. The van der Waals surface area contributed by atoms with Gasteiger partial charge in [-0.05, 0) is 23.8 Å². The minimum Gasteiger partial charge on any atom is -0.326 e. The average molecular weight is 427 g/mol. The number of nitrogens with one attached hydrogen (secondary N) is 2.